The number of carbonyl (C=O) groups excluding carboxylic acids is 2. The quantitative estimate of drug-likeness (QED) is 0.610. The number of nitrogens with two attached hydrogens (primary N) is 2. The first-order valence-corrected chi connectivity index (χ1v) is 5.50. The van der Waals surface area contributed by atoms with Gasteiger partial charge in [-0.2, -0.15) is 5.10 Å². The van der Waals surface area contributed by atoms with Gasteiger partial charge in [0.1, 0.15) is 11.4 Å². The number of rotatable bonds is 4. The molecule has 0 bridgehead atoms. The number of ketones is 1. The number of primary amides is 1. The first-order valence-electron chi connectivity index (χ1n) is 5.50. The third-order valence-electron chi connectivity index (χ3n) is 2.59. The van der Waals surface area contributed by atoms with Crippen LogP contribution in [0, 0.1) is 0 Å². The van der Waals surface area contributed by atoms with E-state index in [2.05, 4.69) is 15.5 Å². The second-order valence-corrected chi connectivity index (χ2v) is 3.98. The Morgan fingerprint density at radius 1 is 1.26 bits per heavy atom. The maximum atomic E-state index is 11.2. The lowest BCUT2D eigenvalue weighted by molar-refractivity contribution is 0.0997. The van der Waals surface area contributed by atoms with Crippen LogP contribution < -0.4 is 16.8 Å². The molecule has 0 aliphatic heterocycles. The van der Waals surface area contributed by atoms with Crippen molar-refractivity contribution in [2.45, 2.75) is 6.92 Å². The number of nitrogen functional groups attached to an aromatic ring is 1. The number of amides is 1. The molecule has 7 heteroatoms. The van der Waals surface area contributed by atoms with Gasteiger partial charge in [0.25, 0.3) is 5.91 Å². The number of hydrogen-bond acceptors (Lipinski definition) is 5. The van der Waals surface area contributed by atoms with Crippen LogP contribution in [0.3, 0.4) is 0 Å². The fourth-order valence-corrected chi connectivity index (χ4v) is 1.62. The number of hydrogen-bond donors (Lipinski definition) is 4. The van der Waals surface area contributed by atoms with Crippen LogP contribution in [0.5, 0.6) is 0 Å². The van der Waals surface area contributed by atoms with E-state index < -0.39 is 5.91 Å². The number of aromatic amines is 1. The van der Waals surface area contributed by atoms with Gasteiger partial charge in [-0.05, 0) is 31.2 Å². The molecule has 0 fully saturated rings. The molecule has 1 aromatic carbocycles. The van der Waals surface area contributed by atoms with E-state index in [4.69, 9.17) is 11.5 Å². The predicted octanol–water partition coefficient (Wildman–Crippen LogP) is 1.04. The lowest BCUT2D eigenvalue weighted by Crippen LogP contribution is -2.14. The van der Waals surface area contributed by atoms with Crippen LogP contribution in [0.1, 0.15) is 27.6 Å². The number of Topliss-reactive ketones (excluding diaryl/α,β-unsaturated/α-hetero) is 1. The van der Waals surface area contributed by atoms with Crippen molar-refractivity contribution in [3.63, 3.8) is 0 Å². The fraction of sp³-hybridized carbons (Fsp3) is 0.0833. The molecule has 98 valence electrons. The summed E-state index contributed by atoms with van der Waals surface area (Å²) in [6.07, 6.45) is 0. The van der Waals surface area contributed by atoms with E-state index in [1.807, 2.05) is 0 Å². The first kappa shape index (κ1) is 12.6. The van der Waals surface area contributed by atoms with E-state index in [0.717, 1.165) is 0 Å². The van der Waals surface area contributed by atoms with Crippen LogP contribution in [0.25, 0.3) is 0 Å². The molecule has 1 heterocycles. The Labute approximate surface area is 109 Å². The number of carbonyl (C=O) groups is 2. The largest absolute Gasteiger partial charge is 0.383 e. The smallest absolute Gasteiger partial charge is 0.256 e. The van der Waals surface area contributed by atoms with Gasteiger partial charge in [-0.25, -0.2) is 0 Å². The summed E-state index contributed by atoms with van der Waals surface area (Å²) >= 11 is 0. The van der Waals surface area contributed by atoms with Gasteiger partial charge in [-0.3, -0.25) is 14.7 Å². The van der Waals surface area contributed by atoms with E-state index in [0.29, 0.717) is 11.3 Å². The molecule has 0 saturated heterocycles. The van der Waals surface area contributed by atoms with Gasteiger partial charge in [0.15, 0.2) is 11.6 Å². The molecule has 0 spiro atoms. The average molecular weight is 259 g/mol. The summed E-state index contributed by atoms with van der Waals surface area (Å²) < 4.78 is 0. The highest BCUT2D eigenvalue weighted by molar-refractivity contribution is 6.02. The molecule has 0 aliphatic rings. The van der Waals surface area contributed by atoms with Crippen LogP contribution >= 0.6 is 0 Å². The van der Waals surface area contributed by atoms with Crippen LogP contribution in [-0.2, 0) is 0 Å². The van der Waals surface area contributed by atoms with Crippen LogP contribution in [-0.4, -0.2) is 21.9 Å². The van der Waals surface area contributed by atoms with Crippen molar-refractivity contribution in [1.29, 1.82) is 0 Å². The lowest BCUT2D eigenvalue weighted by Gasteiger charge is -2.05. The summed E-state index contributed by atoms with van der Waals surface area (Å²) in [5, 5.41) is 9.25. The van der Waals surface area contributed by atoms with E-state index in [1.54, 1.807) is 24.3 Å². The minimum atomic E-state index is -0.672. The third-order valence-corrected chi connectivity index (χ3v) is 2.59. The summed E-state index contributed by atoms with van der Waals surface area (Å²) in [4.78, 5) is 22.4. The van der Waals surface area contributed by atoms with Crippen molar-refractivity contribution in [3.8, 4) is 0 Å². The number of nitrogens with one attached hydrogen (secondary N) is 2. The Balaban J connectivity index is 2.26. The standard InChI is InChI=1S/C12H13N5O2/c1-6(18)7-2-4-8(5-3-7)15-12-9(11(14)19)10(13)16-17-12/h2-5H,1H3,(H2,14,19)(H4,13,15,16,17). The van der Waals surface area contributed by atoms with Gasteiger partial charge in [0.2, 0.25) is 0 Å². The average Bonchev–Trinajstić information content (AvgIpc) is 2.71. The highest BCUT2D eigenvalue weighted by Crippen LogP contribution is 2.22. The summed E-state index contributed by atoms with van der Waals surface area (Å²) in [6, 6.07) is 6.74. The Bertz CT molecular complexity index is 630. The molecule has 7 nitrogen and oxygen atoms in total. The molecule has 2 aromatic rings. The molecule has 1 aromatic heterocycles. The Kier molecular flexibility index (Phi) is 3.19. The van der Waals surface area contributed by atoms with Gasteiger partial charge < -0.3 is 16.8 Å². The number of aromatic nitrogens is 2. The molecule has 0 aliphatic carbocycles. The molecule has 0 radical (unpaired) electrons. The highest BCUT2D eigenvalue weighted by Gasteiger charge is 2.16. The Morgan fingerprint density at radius 2 is 1.89 bits per heavy atom. The summed E-state index contributed by atoms with van der Waals surface area (Å²) in [5.41, 5.74) is 12.1. The van der Waals surface area contributed by atoms with Crippen LogP contribution in [0.15, 0.2) is 24.3 Å². The topological polar surface area (TPSA) is 127 Å². The zero-order valence-electron chi connectivity index (χ0n) is 10.2. The van der Waals surface area contributed by atoms with E-state index in [-0.39, 0.29) is 23.0 Å². The first-order chi connectivity index (χ1) is 8.99. The molecular weight excluding hydrogens is 246 g/mol. The fourth-order valence-electron chi connectivity index (χ4n) is 1.62. The Morgan fingerprint density at radius 3 is 2.42 bits per heavy atom. The second-order valence-electron chi connectivity index (χ2n) is 3.98. The zero-order valence-corrected chi connectivity index (χ0v) is 10.2. The summed E-state index contributed by atoms with van der Waals surface area (Å²) in [5.74, 6) is -0.335. The molecule has 19 heavy (non-hydrogen) atoms. The van der Waals surface area contributed by atoms with Crippen molar-refractivity contribution in [3.05, 3.63) is 35.4 Å². The monoisotopic (exact) mass is 259 g/mol. The molecule has 2 rings (SSSR count). The summed E-state index contributed by atoms with van der Waals surface area (Å²) in [6.45, 7) is 1.49. The van der Waals surface area contributed by atoms with Crippen molar-refractivity contribution < 1.29 is 9.59 Å². The number of benzene rings is 1. The maximum absolute atomic E-state index is 11.2. The van der Waals surface area contributed by atoms with Gasteiger partial charge in [-0.1, -0.05) is 0 Å². The summed E-state index contributed by atoms with van der Waals surface area (Å²) in [7, 11) is 0. The van der Waals surface area contributed by atoms with Crippen LogP contribution in [0.2, 0.25) is 0 Å². The molecular formula is C12H13N5O2. The SMILES string of the molecule is CC(=O)c1ccc(Nc2n[nH]c(N)c2C(N)=O)cc1. The molecule has 0 unspecified atom stereocenters. The minimum absolute atomic E-state index is 0.0200. The van der Waals surface area contributed by atoms with E-state index >= 15 is 0 Å². The highest BCUT2D eigenvalue weighted by atomic mass is 16.1. The van der Waals surface area contributed by atoms with Gasteiger partial charge in [-0.15, -0.1) is 0 Å². The normalized spacial score (nSPS) is 10.2. The zero-order chi connectivity index (χ0) is 14.0. The van der Waals surface area contributed by atoms with E-state index in [1.165, 1.54) is 6.92 Å². The molecule has 0 saturated carbocycles. The number of nitrogens with zero attached hydrogens (tertiary/aromatic N) is 1. The predicted molar refractivity (Wildman–Crippen MR) is 71.2 cm³/mol. The van der Waals surface area contributed by atoms with Gasteiger partial charge >= 0.3 is 0 Å². The number of H-pyrrole nitrogens is 1. The van der Waals surface area contributed by atoms with Gasteiger partial charge in [0.05, 0.1) is 0 Å². The molecule has 1 amide bonds. The van der Waals surface area contributed by atoms with Crippen LogP contribution in [0.4, 0.5) is 17.3 Å². The van der Waals surface area contributed by atoms with Crippen molar-refractivity contribution in [2.24, 2.45) is 5.73 Å². The third kappa shape index (κ3) is 2.54. The Hall–Kier alpha value is -2.83. The van der Waals surface area contributed by atoms with Crippen molar-refractivity contribution in [2.75, 3.05) is 11.1 Å². The maximum Gasteiger partial charge on any atom is 0.256 e. The lowest BCUT2D eigenvalue weighted by atomic mass is 10.1. The number of anilines is 3. The van der Waals surface area contributed by atoms with Crippen molar-refractivity contribution >= 4 is 29.0 Å². The minimum Gasteiger partial charge on any atom is -0.383 e. The second kappa shape index (κ2) is 4.81. The van der Waals surface area contributed by atoms with E-state index in [9.17, 15) is 9.59 Å². The van der Waals surface area contributed by atoms with Crippen molar-refractivity contribution in [1.82, 2.24) is 10.2 Å². The molecule has 0 atom stereocenters. The van der Waals surface area contributed by atoms with Gasteiger partial charge in [0, 0.05) is 11.3 Å². The molecule has 6 N–H and O–H groups in total.